The van der Waals surface area contributed by atoms with Crippen LogP contribution in [0.5, 0.6) is 0 Å². The fourth-order valence-corrected chi connectivity index (χ4v) is 8.23. The molecule has 6 heteroatoms. The molecule has 0 fully saturated rings. The Morgan fingerprint density at radius 1 is 0.404 bits per heavy atom. The fourth-order valence-electron chi connectivity index (χ4n) is 7.02. The SMILES string of the molecule is [2H]c1c([2H])c([2H])c(-c2c([2H])c([2H])c3c4c([2H])c([2H])c([2H])c([2H])c4n(-c4nc(-c5cccc6c5sc5ccccc56)nc(-n5c6c([2H])c([2H])c([2H])c([2H])c6c6c([2H])c([2H])c(-c7c([2H])c([2H])c([2H])c([2H])c7[2H])c([2H])c65)n4)c3c2[2H])c([2H])c1[2H]. The molecule has 4 heterocycles. The zero-order chi connectivity index (χ0) is 58.3. The van der Waals surface area contributed by atoms with Crippen LogP contribution >= 0.6 is 11.3 Å². The van der Waals surface area contributed by atoms with Crippen molar-refractivity contribution >= 4 is 75.1 Å². The van der Waals surface area contributed by atoms with E-state index in [4.69, 9.17) is 34.1 Å². The van der Waals surface area contributed by atoms with Crippen molar-refractivity contribution in [1.29, 1.82) is 0 Å². The normalized spacial score (nSPS) is 17.8. The maximum Gasteiger partial charge on any atom is 0.240 e. The Kier molecular flexibility index (Phi) is 3.61. The minimum absolute atomic E-state index is 0.255. The topological polar surface area (TPSA) is 48.5 Å². The fraction of sp³-hybridized carbons (Fsp3) is 0. The quantitative estimate of drug-likeness (QED) is 0.175. The highest BCUT2D eigenvalue weighted by molar-refractivity contribution is 7.26. The van der Waals surface area contributed by atoms with Crippen LogP contribution in [0.15, 0.2) is 187 Å². The summed E-state index contributed by atoms with van der Waals surface area (Å²) in [5.41, 5.74) is -4.53. The van der Waals surface area contributed by atoms with Gasteiger partial charge >= 0.3 is 0 Å². The Morgan fingerprint density at radius 2 is 0.912 bits per heavy atom. The van der Waals surface area contributed by atoms with Crippen molar-refractivity contribution in [1.82, 2.24) is 24.1 Å². The highest BCUT2D eigenvalue weighted by Gasteiger charge is 2.22. The zero-order valence-electron chi connectivity index (χ0n) is 52.7. The lowest BCUT2D eigenvalue weighted by molar-refractivity contribution is 0.893. The van der Waals surface area contributed by atoms with E-state index in [1.54, 1.807) is 12.1 Å². The molecule has 0 N–H and O–H groups in total. The first-order valence-corrected chi connectivity index (χ1v) is 18.0. The predicted molar refractivity (Wildman–Crippen MR) is 238 cm³/mol. The Bertz CT molecular complexity index is 4650. The summed E-state index contributed by atoms with van der Waals surface area (Å²) >= 11 is 1.31. The van der Waals surface area contributed by atoms with Gasteiger partial charge in [-0.05, 0) is 58.6 Å². The summed E-state index contributed by atoms with van der Waals surface area (Å²) in [6.07, 6.45) is 0. The van der Waals surface area contributed by atoms with Crippen molar-refractivity contribution < 1.29 is 32.9 Å². The molecule has 0 saturated carbocycles. The molecule has 0 unspecified atom stereocenters. The van der Waals surface area contributed by atoms with Gasteiger partial charge in [-0.15, -0.1) is 11.3 Å². The van der Waals surface area contributed by atoms with E-state index in [0.717, 1.165) is 19.2 Å². The third kappa shape index (κ3) is 4.98. The monoisotopic (exact) mass is 769 g/mol. The molecular weight excluding hydrogens is 715 g/mol. The Morgan fingerprint density at radius 3 is 1.51 bits per heavy atom. The number of nitrogens with zero attached hydrogens (tertiary/aromatic N) is 5. The van der Waals surface area contributed by atoms with Crippen LogP contribution in [0.3, 0.4) is 0 Å². The van der Waals surface area contributed by atoms with Gasteiger partial charge in [0.25, 0.3) is 0 Å². The first kappa shape index (κ1) is 16.4. The molecule has 0 aliphatic heterocycles. The molecule has 0 aliphatic rings. The second kappa shape index (κ2) is 12.6. The van der Waals surface area contributed by atoms with Crippen LogP contribution < -0.4 is 0 Å². The van der Waals surface area contributed by atoms with Crippen LogP contribution in [-0.2, 0) is 0 Å². The van der Waals surface area contributed by atoms with Crippen molar-refractivity contribution in [2.75, 3.05) is 0 Å². The number of rotatable bonds is 5. The number of hydrogen-bond acceptors (Lipinski definition) is 4. The molecule has 0 amide bonds. The molecular formula is C51H31N5S. The van der Waals surface area contributed by atoms with Crippen LogP contribution in [0.1, 0.15) is 32.9 Å². The highest BCUT2D eigenvalue weighted by Crippen LogP contribution is 2.41. The van der Waals surface area contributed by atoms with Gasteiger partial charge in [0.05, 0.1) is 55.0 Å². The number of aromatic nitrogens is 5. The average molecular weight is 770 g/mol. The number of hydrogen-bond donors (Lipinski definition) is 0. The molecule has 8 aromatic carbocycles. The number of thiophene rings is 1. The predicted octanol–water partition coefficient (Wildman–Crippen LogP) is 13.4. The van der Waals surface area contributed by atoms with Crippen molar-refractivity contribution in [3.63, 3.8) is 0 Å². The minimum atomic E-state index is -0.858. The molecule has 0 saturated heterocycles. The third-order valence-electron chi connectivity index (χ3n) is 9.47. The summed E-state index contributed by atoms with van der Waals surface area (Å²) < 4.78 is 220. The summed E-state index contributed by atoms with van der Waals surface area (Å²) in [6.45, 7) is 0. The van der Waals surface area contributed by atoms with Crippen molar-refractivity contribution in [3.8, 4) is 45.5 Å². The molecule has 0 radical (unpaired) electrons. The van der Waals surface area contributed by atoms with E-state index in [1.807, 2.05) is 30.3 Å². The van der Waals surface area contributed by atoms with E-state index in [2.05, 4.69) is 0 Å². The van der Waals surface area contributed by atoms with E-state index in [1.165, 1.54) is 11.3 Å². The van der Waals surface area contributed by atoms with Crippen LogP contribution in [0.25, 0.3) is 109 Å². The molecule has 0 aliphatic carbocycles. The Labute approximate surface area is 365 Å². The number of benzene rings is 8. The van der Waals surface area contributed by atoms with Gasteiger partial charge in [-0.3, -0.25) is 9.13 Å². The smallest absolute Gasteiger partial charge is 0.240 e. The average Bonchev–Trinajstić information content (AvgIpc) is 4.38. The first-order valence-electron chi connectivity index (χ1n) is 29.2. The first-order chi connectivity index (χ1) is 38.3. The standard InChI is InChI=1S/C51H31N5S/c1-3-14-32(15-4-1)34-26-28-38-36-18-7-10-23-43(36)55(45(38)30-34)50-52-49(42-22-13-21-41-40-20-9-12-25-47(40)57-48(41)42)53-51(54-50)56-44-24-11-8-19-37(44)39-29-27-35(31-46(39)56)33-16-5-2-6-17-33/h1-31H/i1D,2D,3D,4D,5D,6D,7D,8D,10D,11D,14D,15D,16D,17D,18D,19D,23D,24D,26D,27D,28D,29D,30D,31D. The van der Waals surface area contributed by atoms with Crippen molar-refractivity contribution in [3.05, 3.63) is 187 Å². The number of fused-ring (bicyclic) bond motifs is 9. The second-order valence-electron chi connectivity index (χ2n) is 12.6. The summed E-state index contributed by atoms with van der Waals surface area (Å²) in [6, 6.07) is -7.28. The Hall–Kier alpha value is -7.41. The minimum Gasteiger partial charge on any atom is -0.278 e. The molecule has 0 spiro atoms. The molecule has 12 rings (SSSR count). The summed E-state index contributed by atoms with van der Waals surface area (Å²) in [7, 11) is 0. The van der Waals surface area contributed by atoms with Crippen LogP contribution in [0.2, 0.25) is 0 Å². The van der Waals surface area contributed by atoms with E-state index in [0.29, 0.717) is 10.1 Å². The lowest BCUT2D eigenvalue weighted by Crippen LogP contribution is -2.10. The molecule has 0 atom stereocenters. The van der Waals surface area contributed by atoms with Gasteiger partial charge in [-0.1, -0.05) is 151 Å². The van der Waals surface area contributed by atoms with Gasteiger partial charge in [0, 0.05) is 47.3 Å². The molecule has 57 heavy (non-hydrogen) atoms. The summed E-state index contributed by atoms with van der Waals surface area (Å²) in [5.74, 6) is -1.60. The van der Waals surface area contributed by atoms with E-state index < -0.39 is 223 Å². The van der Waals surface area contributed by atoms with Crippen molar-refractivity contribution in [2.24, 2.45) is 0 Å². The third-order valence-corrected chi connectivity index (χ3v) is 10.7. The summed E-state index contributed by atoms with van der Waals surface area (Å²) in [5, 5.41) is -0.270. The zero-order valence-corrected chi connectivity index (χ0v) is 29.5. The molecule has 5 nitrogen and oxygen atoms in total. The highest BCUT2D eigenvalue weighted by atomic mass is 32.1. The van der Waals surface area contributed by atoms with Gasteiger partial charge < -0.3 is 0 Å². The van der Waals surface area contributed by atoms with Gasteiger partial charge in [0.2, 0.25) is 11.9 Å². The van der Waals surface area contributed by atoms with Gasteiger partial charge in [-0.25, -0.2) is 0 Å². The van der Waals surface area contributed by atoms with Crippen molar-refractivity contribution in [2.45, 2.75) is 0 Å². The molecule has 12 aromatic rings. The van der Waals surface area contributed by atoms with Gasteiger partial charge in [-0.2, -0.15) is 15.0 Å². The molecule has 266 valence electrons. The summed E-state index contributed by atoms with van der Waals surface area (Å²) in [4.78, 5) is 14.7. The van der Waals surface area contributed by atoms with Crippen LogP contribution in [0.4, 0.5) is 0 Å². The Balaban J connectivity index is 1.34. The maximum atomic E-state index is 9.95. The van der Waals surface area contributed by atoms with E-state index >= 15 is 0 Å². The van der Waals surface area contributed by atoms with Crippen LogP contribution in [0, 0.1) is 0 Å². The number of para-hydroxylation sites is 2. The van der Waals surface area contributed by atoms with Crippen LogP contribution in [-0.4, -0.2) is 24.1 Å². The molecule has 4 aromatic heterocycles. The molecule has 0 bridgehead atoms. The lowest BCUT2D eigenvalue weighted by atomic mass is 10.0. The lowest BCUT2D eigenvalue weighted by Gasteiger charge is -2.13. The van der Waals surface area contributed by atoms with Gasteiger partial charge in [0.15, 0.2) is 5.82 Å². The van der Waals surface area contributed by atoms with Gasteiger partial charge in [0.1, 0.15) is 0 Å². The largest absolute Gasteiger partial charge is 0.278 e. The maximum absolute atomic E-state index is 9.95. The van der Waals surface area contributed by atoms with E-state index in [-0.39, 0.29) is 11.4 Å². The second-order valence-corrected chi connectivity index (χ2v) is 13.7. The van der Waals surface area contributed by atoms with E-state index in [9.17, 15) is 13.7 Å².